The molecule has 0 saturated carbocycles. The molecule has 1 fully saturated rings. The Labute approximate surface area is 177 Å². The summed E-state index contributed by atoms with van der Waals surface area (Å²) in [6.07, 6.45) is -6.80. The monoisotopic (exact) mass is 462 g/mol. The molecule has 1 N–H and O–H groups in total. The maximum absolute atomic E-state index is 12.6. The Morgan fingerprint density at radius 1 is 1.06 bits per heavy atom. The summed E-state index contributed by atoms with van der Waals surface area (Å²) in [6, 6.07) is 10.2. The van der Waals surface area contributed by atoms with Crippen LogP contribution in [-0.4, -0.2) is 50.2 Å². The highest BCUT2D eigenvalue weighted by molar-refractivity contribution is 7.91. The van der Waals surface area contributed by atoms with Gasteiger partial charge in [0.25, 0.3) is 0 Å². The first-order chi connectivity index (χ1) is 14.3. The second kappa shape index (κ2) is 8.65. The van der Waals surface area contributed by atoms with Crippen LogP contribution in [0.4, 0.5) is 13.2 Å². The van der Waals surface area contributed by atoms with Gasteiger partial charge >= 0.3 is 6.36 Å². The minimum atomic E-state index is -4.79. The van der Waals surface area contributed by atoms with Gasteiger partial charge in [0, 0.05) is 0 Å². The Bertz CT molecular complexity index is 987. The predicted octanol–water partition coefficient (Wildman–Crippen LogP) is 3.66. The molecule has 0 aromatic heterocycles. The molecule has 0 amide bonds. The van der Waals surface area contributed by atoms with Crippen molar-refractivity contribution >= 4 is 9.84 Å². The third-order valence-electron chi connectivity index (χ3n) is 4.33. The van der Waals surface area contributed by atoms with E-state index in [-0.39, 0.29) is 28.8 Å². The summed E-state index contributed by atoms with van der Waals surface area (Å²) >= 11 is 0. The van der Waals surface area contributed by atoms with Crippen LogP contribution in [0.15, 0.2) is 53.4 Å². The van der Waals surface area contributed by atoms with Crippen LogP contribution < -0.4 is 9.47 Å². The van der Waals surface area contributed by atoms with Crippen molar-refractivity contribution in [2.75, 3.05) is 12.4 Å². The molecule has 1 saturated heterocycles. The van der Waals surface area contributed by atoms with Crippen LogP contribution in [0, 0.1) is 0 Å². The first kappa shape index (κ1) is 23.3. The Morgan fingerprint density at radius 3 is 2.06 bits per heavy atom. The molecule has 0 unspecified atom stereocenters. The zero-order chi connectivity index (χ0) is 22.9. The van der Waals surface area contributed by atoms with Crippen LogP contribution in [-0.2, 0) is 19.3 Å². The summed E-state index contributed by atoms with van der Waals surface area (Å²) in [4.78, 5) is -0.0222. The van der Waals surface area contributed by atoms with E-state index in [1.165, 1.54) is 36.4 Å². The fourth-order valence-corrected chi connectivity index (χ4v) is 4.30. The van der Waals surface area contributed by atoms with Crippen LogP contribution in [0.2, 0.25) is 0 Å². The second-order valence-electron chi connectivity index (χ2n) is 7.31. The van der Waals surface area contributed by atoms with Gasteiger partial charge < -0.3 is 24.1 Å². The molecule has 1 aliphatic rings. The third-order valence-corrected chi connectivity index (χ3v) is 6.10. The summed E-state index contributed by atoms with van der Waals surface area (Å²) < 4.78 is 81.8. The SMILES string of the molecule is CC1(C)OC[C@@H]([C@H](O)CS(=O)(=O)c2ccc(Oc3ccc(OC(F)(F)F)cc3)cc2)O1. The smallest absolute Gasteiger partial charge is 0.457 e. The quantitative estimate of drug-likeness (QED) is 0.672. The minimum Gasteiger partial charge on any atom is -0.457 e. The highest BCUT2D eigenvalue weighted by atomic mass is 32.2. The highest BCUT2D eigenvalue weighted by Gasteiger charge is 2.38. The first-order valence-electron chi connectivity index (χ1n) is 9.19. The lowest BCUT2D eigenvalue weighted by atomic mass is 10.2. The van der Waals surface area contributed by atoms with Gasteiger partial charge in [0.05, 0.1) is 23.4 Å². The Hall–Kier alpha value is -2.34. The molecule has 1 aliphatic heterocycles. The van der Waals surface area contributed by atoms with Crippen molar-refractivity contribution in [2.24, 2.45) is 0 Å². The van der Waals surface area contributed by atoms with Crippen molar-refractivity contribution in [1.29, 1.82) is 0 Å². The standard InChI is InChI=1S/C20H21F3O7S/c1-19(2)27-11-18(30-19)17(24)12-31(25,26)16-9-7-14(8-10-16)28-13-3-5-15(6-4-13)29-20(21,22)23/h3-10,17-18,24H,11-12H2,1-2H3/t17-,18+/m1/s1. The van der Waals surface area contributed by atoms with Crippen molar-refractivity contribution in [3.63, 3.8) is 0 Å². The lowest BCUT2D eigenvalue weighted by Crippen LogP contribution is -2.36. The number of sulfone groups is 1. The van der Waals surface area contributed by atoms with E-state index in [0.29, 0.717) is 0 Å². The average molecular weight is 462 g/mol. The highest BCUT2D eigenvalue weighted by Crippen LogP contribution is 2.29. The minimum absolute atomic E-state index is 0.0222. The van der Waals surface area contributed by atoms with Gasteiger partial charge in [0.1, 0.15) is 23.4 Å². The van der Waals surface area contributed by atoms with Gasteiger partial charge in [-0.2, -0.15) is 0 Å². The van der Waals surface area contributed by atoms with Crippen LogP contribution >= 0.6 is 0 Å². The van der Waals surface area contributed by atoms with E-state index < -0.39 is 39.9 Å². The number of hydrogen-bond donors (Lipinski definition) is 1. The predicted molar refractivity (Wildman–Crippen MR) is 103 cm³/mol. The Morgan fingerprint density at radius 2 is 1.58 bits per heavy atom. The van der Waals surface area contributed by atoms with Crippen LogP contribution in [0.3, 0.4) is 0 Å². The fraction of sp³-hybridized carbons (Fsp3) is 0.400. The van der Waals surface area contributed by atoms with Crippen LogP contribution in [0.5, 0.6) is 17.2 Å². The fourth-order valence-electron chi connectivity index (χ4n) is 2.89. The average Bonchev–Trinajstić information content (AvgIpc) is 3.02. The first-order valence-corrected chi connectivity index (χ1v) is 10.8. The van der Waals surface area contributed by atoms with Crippen molar-refractivity contribution in [2.45, 2.75) is 43.1 Å². The van der Waals surface area contributed by atoms with E-state index in [1.54, 1.807) is 13.8 Å². The summed E-state index contributed by atoms with van der Waals surface area (Å²) in [5.74, 6) is -1.30. The number of aliphatic hydroxyl groups excluding tert-OH is 1. The van der Waals surface area contributed by atoms with Gasteiger partial charge in [-0.1, -0.05) is 0 Å². The molecule has 31 heavy (non-hydrogen) atoms. The van der Waals surface area contributed by atoms with Gasteiger partial charge in [-0.05, 0) is 62.4 Å². The lowest BCUT2D eigenvalue weighted by molar-refractivity contribution is -0.274. The summed E-state index contributed by atoms with van der Waals surface area (Å²) in [6.45, 7) is 3.43. The van der Waals surface area contributed by atoms with Gasteiger partial charge in [-0.3, -0.25) is 0 Å². The molecule has 3 rings (SSSR count). The van der Waals surface area contributed by atoms with Crippen LogP contribution in [0.25, 0.3) is 0 Å². The lowest BCUT2D eigenvalue weighted by Gasteiger charge is -2.20. The van der Waals surface area contributed by atoms with Crippen molar-refractivity contribution in [3.8, 4) is 17.2 Å². The van der Waals surface area contributed by atoms with Crippen molar-refractivity contribution in [1.82, 2.24) is 0 Å². The number of hydrogen-bond acceptors (Lipinski definition) is 7. The summed E-state index contributed by atoms with van der Waals surface area (Å²) in [5, 5.41) is 10.2. The van der Waals surface area contributed by atoms with E-state index >= 15 is 0 Å². The van der Waals surface area contributed by atoms with E-state index in [4.69, 9.17) is 14.2 Å². The molecular weight excluding hydrogens is 441 g/mol. The largest absolute Gasteiger partial charge is 0.573 e. The zero-order valence-electron chi connectivity index (χ0n) is 16.6. The number of halogens is 3. The van der Waals surface area contributed by atoms with Gasteiger partial charge in [-0.15, -0.1) is 13.2 Å². The molecule has 2 aromatic rings. The molecule has 0 aliphatic carbocycles. The molecule has 7 nitrogen and oxygen atoms in total. The molecule has 0 radical (unpaired) electrons. The Kier molecular flexibility index (Phi) is 6.51. The molecule has 0 spiro atoms. The second-order valence-corrected chi connectivity index (χ2v) is 9.34. The molecule has 11 heteroatoms. The molecule has 2 atom stereocenters. The maximum Gasteiger partial charge on any atom is 0.573 e. The maximum atomic E-state index is 12.6. The van der Waals surface area contributed by atoms with E-state index in [0.717, 1.165) is 12.1 Å². The third kappa shape index (κ3) is 6.57. The summed E-state index contributed by atoms with van der Waals surface area (Å²) in [5.41, 5.74) is 0. The van der Waals surface area contributed by atoms with E-state index in [1.807, 2.05) is 0 Å². The summed E-state index contributed by atoms with van der Waals surface area (Å²) in [7, 11) is -3.81. The zero-order valence-corrected chi connectivity index (χ0v) is 17.4. The number of aliphatic hydroxyl groups is 1. The van der Waals surface area contributed by atoms with Crippen molar-refractivity contribution < 1.29 is 45.6 Å². The van der Waals surface area contributed by atoms with Gasteiger partial charge in [0.15, 0.2) is 15.6 Å². The van der Waals surface area contributed by atoms with Crippen molar-refractivity contribution in [3.05, 3.63) is 48.5 Å². The molecular formula is C20H21F3O7S. The molecule has 2 aromatic carbocycles. The van der Waals surface area contributed by atoms with Crippen LogP contribution in [0.1, 0.15) is 13.8 Å². The number of rotatable bonds is 7. The van der Waals surface area contributed by atoms with Gasteiger partial charge in [0.2, 0.25) is 0 Å². The van der Waals surface area contributed by atoms with E-state index in [2.05, 4.69) is 4.74 Å². The Balaban J connectivity index is 1.61. The molecule has 0 bridgehead atoms. The molecule has 170 valence electrons. The van der Waals surface area contributed by atoms with E-state index in [9.17, 15) is 26.7 Å². The van der Waals surface area contributed by atoms with Gasteiger partial charge in [-0.25, -0.2) is 8.42 Å². The number of ether oxygens (including phenoxy) is 4. The molecule has 1 heterocycles. The topological polar surface area (TPSA) is 91.3 Å². The number of benzene rings is 2. The number of alkyl halides is 3. The normalized spacial score (nSPS) is 19.7.